The molecule has 0 spiro atoms. The van der Waals surface area contributed by atoms with Crippen LogP contribution >= 0.6 is 0 Å². The van der Waals surface area contributed by atoms with Gasteiger partial charge < -0.3 is 10.1 Å². The number of carbonyl (C=O) groups excluding carboxylic acids is 2. The topological polar surface area (TPSA) is 58.6 Å². The number of halogens is 4. The van der Waals surface area contributed by atoms with E-state index in [4.69, 9.17) is 0 Å². The van der Waals surface area contributed by atoms with Crippen molar-refractivity contribution in [2.24, 2.45) is 5.92 Å². The van der Waals surface area contributed by atoms with Gasteiger partial charge in [0.1, 0.15) is 17.3 Å². The van der Waals surface area contributed by atoms with E-state index in [1.54, 1.807) is 0 Å². The van der Waals surface area contributed by atoms with Crippen molar-refractivity contribution < 1.29 is 31.9 Å². The first kappa shape index (κ1) is 21.4. The minimum Gasteiger partial charge on any atom is -0.406 e. The van der Waals surface area contributed by atoms with E-state index in [1.165, 1.54) is 24.3 Å². The monoisotopic (exact) mass is 422 g/mol. The fraction of sp³-hybridized carbons (Fsp3) is 0.238. The summed E-state index contributed by atoms with van der Waals surface area (Å²) in [6.07, 6.45) is -4.87. The average molecular weight is 422 g/mol. The first-order chi connectivity index (χ1) is 14.0. The molecule has 1 aliphatic heterocycles. The van der Waals surface area contributed by atoms with Crippen molar-refractivity contribution in [2.45, 2.75) is 20.2 Å². The number of alkyl halides is 3. The Bertz CT molecular complexity index is 998. The number of nitrogens with zero attached hydrogens (tertiary/aromatic N) is 1. The molecule has 0 saturated carbocycles. The molecule has 0 bridgehead atoms. The molecule has 0 fully saturated rings. The lowest BCUT2D eigenvalue weighted by Gasteiger charge is -2.17. The van der Waals surface area contributed by atoms with E-state index in [0.29, 0.717) is 5.56 Å². The zero-order valence-corrected chi connectivity index (χ0v) is 16.1. The quantitative estimate of drug-likeness (QED) is 0.547. The summed E-state index contributed by atoms with van der Waals surface area (Å²) in [7, 11) is 0. The van der Waals surface area contributed by atoms with Crippen LogP contribution in [0.1, 0.15) is 19.4 Å². The van der Waals surface area contributed by atoms with E-state index in [9.17, 15) is 27.2 Å². The van der Waals surface area contributed by atoms with Crippen molar-refractivity contribution >= 4 is 23.1 Å². The summed E-state index contributed by atoms with van der Waals surface area (Å²) in [6, 6.07) is 9.95. The molecular weight excluding hydrogens is 404 g/mol. The molecule has 0 radical (unpaired) electrons. The largest absolute Gasteiger partial charge is 0.573 e. The predicted octanol–water partition coefficient (Wildman–Crippen LogP) is 4.57. The van der Waals surface area contributed by atoms with Crippen molar-refractivity contribution in [3.8, 4) is 5.75 Å². The summed E-state index contributed by atoms with van der Waals surface area (Å²) < 4.78 is 54.7. The standard InChI is InChI=1S/C21H18F4N2O3/c1-12(2)11-27-19(28)17(13-6-8-14(22)9-7-13)18(20(27)29)26-15-4-3-5-16(10-15)30-21(23,24)25/h3-10,12,26H,11H2,1-2H3. The molecule has 30 heavy (non-hydrogen) atoms. The van der Waals surface area contributed by atoms with E-state index < -0.39 is 29.7 Å². The van der Waals surface area contributed by atoms with Crippen molar-refractivity contribution in [3.05, 3.63) is 65.6 Å². The summed E-state index contributed by atoms with van der Waals surface area (Å²) >= 11 is 0. The molecule has 0 aromatic heterocycles. The lowest BCUT2D eigenvalue weighted by molar-refractivity contribution is -0.274. The summed E-state index contributed by atoms with van der Waals surface area (Å²) in [6.45, 7) is 3.83. The van der Waals surface area contributed by atoms with Crippen molar-refractivity contribution in [1.29, 1.82) is 0 Å². The maximum atomic E-state index is 13.3. The maximum absolute atomic E-state index is 13.3. The molecule has 0 aliphatic carbocycles. The SMILES string of the molecule is CC(C)CN1C(=O)C(Nc2cccc(OC(F)(F)F)c2)=C(c2ccc(F)cc2)C1=O. The Morgan fingerprint density at radius 3 is 2.30 bits per heavy atom. The lowest BCUT2D eigenvalue weighted by atomic mass is 10.0. The number of rotatable bonds is 6. The second-order valence-corrected chi connectivity index (χ2v) is 7.07. The number of nitrogens with one attached hydrogen (secondary N) is 1. The molecular formula is C21H18F4N2O3. The molecule has 158 valence electrons. The van der Waals surface area contributed by atoms with E-state index in [0.717, 1.165) is 29.2 Å². The molecule has 5 nitrogen and oxygen atoms in total. The molecule has 2 aromatic rings. The zero-order valence-electron chi connectivity index (χ0n) is 16.1. The number of imide groups is 1. The van der Waals surface area contributed by atoms with Gasteiger partial charge in [0.2, 0.25) is 0 Å². The highest BCUT2D eigenvalue weighted by Gasteiger charge is 2.39. The lowest BCUT2D eigenvalue weighted by Crippen LogP contribution is -2.35. The van der Waals surface area contributed by atoms with Gasteiger partial charge in [-0.3, -0.25) is 14.5 Å². The van der Waals surface area contributed by atoms with Gasteiger partial charge in [-0.25, -0.2) is 4.39 Å². The van der Waals surface area contributed by atoms with Crippen LogP contribution in [0.2, 0.25) is 0 Å². The highest BCUT2D eigenvalue weighted by molar-refractivity contribution is 6.36. The van der Waals surface area contributed by atoms with Crippen LogP contribution in [-0.4, -0.2) is 29.6 Å². The molecule has 3 rings (SSSR count). The molecule has 0 saturated heterocycles. The predicted molar refractivity (Wildman–Crippen MR) is 102 cm³/mol. The Kier molecular flexibility index (Phi) is 5.82. The van der Waals surface area contributed by atoms with Gasteiger partial charge in [0.25, 0.3) is 11.8 Å². The number of anilines is 1. The number of ether oxygens (including phenoxy) is 1. The second-order valence-electron chi connectivity index (χ2n) is 7.07. The molecule has 1 N–H and O–H groups in total. The van der Waals surface area contributed by atoms with Crippen LogP contribution in [-0.2, 0) is 9.59 Å². The van der Waals surface area contributed by atoms with E-state index in [1.807, 2.05) is 13.8 Å². The van der Waals surface area contributed by atoms with Crippen LogP contribution < -0.4 is 10.1 Å². The van der Waals surface area contributed by atoms with Gasteiger partial charge in [-0.05, 0) is 35.7 Å². The number of hydrogen-bond acceptors (Lipinski definition) is 4. The minimum absolute atomic E-state index is 0.00442. The average Bonchev–Trinajstić information content (AvgIpc) is 2.86. The van der Waals surface area contributed by atoms with Gasteiger partial charge in [0.15, 0.2) is 0 Å². The highest BCUT2D eigenvalue weighted by Crippen LogP contribution is 2.32. The van der Waals surface area contributed by atoms with Crippen LogP contribution in [0.4, 0.5) is 23.2 Å². The third kappa shape index (κ3) is 4.79. The molecule has 0 unspecified atom stereocenters. The molecule has 1 heterocycles. The smallest absolute Gasteiger partial charge is 0.406 e. The van der Waals surface area contributed by atoms with Crippen molar-refractivity contribution in [1.82, 2.24) is 4.90 Å². The van der Waals surface area contributed by atoms with Crippen LogP contribution in [0.15, 0.2) is 54.2 Å². The summed E-state index contributed by atoms with van der Waals surface area (Å²) in [5.74, 6) is -2.18. The summed E-state index contributed by atoms with van der Waals surface area (Å²) in [4.78, 5) is 26.9. The third-order valence-electron chi connectivity index (χ3n) is 4.19. The van der Waals surface area contributed by atoms with Gasteiger partial charge in [0, 0.05) is 18.3 Å². The number of carbonyl (C=O) groups is 2. The summed E-state index contributed by atoms with van der Waals surface area (Å²) in [5, 5.41) is 2.74. The first-order valence-electron chi connectivity index (χ1n) is 9.04. The first-order valence-corrected chi connectivity index (χ1v) is 9.04. The van der Waals surface area contributed by atoms with Crippen LogP contribution in [0.25, 0.3) is 5.57 Å². The zero-order chi connectivity index (χ0) is 22.1. The third-order valence-corrected chi connectivity index (χ3v) is 4.19. The van der Waals surface area contributed by atoms with Gasteiger partial charge in [-0.1, -0.05) is 32.0 Å². The maximum Gasteiger partial charge on any atom is 0.573 e. The van der Waals surface area contributed by atoms with Crippen LogP contribution in [0, 0.1) is 11.7 Å². The second kappa shape index (κ2) is 8.17. The normalized spacial score (nSPS) is 14.7. The Labute approximate surface area is 169 Å². The minimum atomic E-state index is -4.87. The summed E-state index contributed by atoms with van der Waals surface area (Å²) in [5.41, 5.74) is 0.351. The van der Waals surface area contributed by atoms with Crippen molar-refractivity contribution in [2.75, 3.05) is 11.9 Å². The van der Waals surface area contributed by atoms with E-state index in [2.05, 4.69) is 10.1 Å². The van der Waals surface area contributed by atoms with Crippen molar-refractivity contribution in [3.63, 3.8) is 0 Å². The van der Waals surface area contributed by atoms with Crippen LogP contribution in [0.5, 0.6) is 5.75 Å². The van der Waals surface area contributed by atoms with E-state index in [-0.39, 0.29) is 29.4 Å². The highest BCUT2D eigenvalue weighted by atomic mass is 19.4. The fourth-order valence-electron chi connectivity index (χ4n) is 3.02. The van der Waals surface area contributed by atoms with E-state index >= 15 is 0 Å². The van der Waals surface area contributed by atoms with Gasteiger partial charge in [-0.15, -0.1) is 13.2 Å². The number of benzene rings is 2. The number of hydrogen-bond donors (Lipinski definition) is 1. The van der Waals surface area contributed by atoms with Gasteiger partial charge in [0.05, 0.1) is 5.57 Å². The molecule has 2 amide bonds. The van der Waals surface area contributed by atoms with Gasteiger partial charge in [-0.2, -0.15) is 0 Å². The Morgan fingerprint density at radius 1 is 1.03 bits per heavy atom. The van der Waals surface area contributed by atoms with Gasteiger partial charge >= 0.3 is 6.36 Å². The molecule has 1 aliphatic rings. The molecule has 9 heteroatoms. The molecule has 2 aromatic carbocycles. The Hall–Kier alpha value is -3.36. The Balaban J connectivity index is 2.01. The van der Waals surface area contributed by atoms with Crippen LogP contribution in [0.3, 0.4) is 0 Å². The molecule has 0 atom stereocenters. The fourth-order valence-corrected chi connectivity index (χ4v) is 3.02. The number of amides is 2. The Morgan fingerprint density at radius 2 is 1.70 bits per heavy atom.